The molecule has 0 bridgehead atoms. The average molecular weight is 249 g/mol. The first-order chi connectivity index (χ1) is 8.81. The number of nitrogens with two attached hydrogens (primary N) is 1. The second-order valence-corrected chi connectivity index (χ2v) is 4.10. The molecule has 0 spiro atoms. The molecule has 3 N–H and O–H groups in total. The van der Waals surface area contributed by atoms with Crippen molar-refractivity contribution < 1.29 is 4.74 Å². The summed E-state index contributed by atoms with van der Waals surface area (Å²) in [7, 11) is 0. The van der Waals surface area contributed by atoms with Gasteiger partial charge in [-0.2, -0.15) is 0 Å². The minimum atomic E-state index is 0.719. The van der Waals surface area contributed by atoms with Crippen molar-refractivity contribution in [2.45, 2.75) is 33.1 Å². The predicted octanol–water partition coefficient (Wildman–Crippen LogP) is 2.49. The van der Waals surface area contributed by atoms with Crippen LogP contribution in [0.4, 0.5) is 0 Å². The Morgan fingerprint density at radius 3 is 2.50 bits per heavy atom. The third-order valence-corrected chi connectivity index (χ3v) is 2.52. The Morgan fingerprint density at radius 2 is 1.94 bits per heavy atom. The van der Waals surface area contributed by atoms with E-state index in [9.17, 15) is 0 Å². The Bertz CT molecular complexity index is 360. The summed E-state index contributed by atoms with van der Waals surface area (Å²) in [6.07, 6.45) is 3.22. The molecule has 1 rings (SSSR count). The lowest BCUT2D eigenvalue weighted by molar-refractivity contribution is 0.309. The molecule has 1 aromatic rings. The second-order valence-electron chi connectivity index (χ2n) is 4.10. The molecule has 0 atom stereocenters. The van der Waals surface area contributed by atoms with Gasteiger partial charge in [0.1, 0.15) is 11.6 Å². The van der Waals surface area contributed by atoms with Crippen molar-refractivity contribution in [3.05, 3.63) is 29.8 Å². The molecule has 4 heteroatoms. The number of aliphatic imine (C=N–C) groups is 1. The molecule has 0 unspecified atom stereocenters. The van der Waals surface area contributed by atoms with E-state index in [1.165, 1.54) is 0 Å². The van der Waals surface area contributed by atoms with Crippen molar-refractivity contribution in [1.29, 1.82) is 0 Å². The van der Waals surface area contributed by atoms with Crippen LogP contribution < -0.4 is 16.0 Å². The van der Waals surface area contributed by atoms with Gasteiger partial charge in [0.15, 0.2) is 0 Å². The van der Waals surface area contributed by atoms with Gasteiger partial charge in [-0.3, -0.25) is 4.99 Å². The maximum Gasteiger partial charge on any atom is 0.142 e. The molecule has 0 aliphatic carbocycles. The summed E-state index contributed by atoms with van der Waals surface area (Å²) in [5.74, 6) is 7.08. The zero-order valence-electron chi connectivity index (χ0n) is 11.3. The lowest BCUT2D eigenvalue weighted by atomic mass is 10.2. The molecule has 4 nitrogen and oxygen atoms in total. The van der Waals surface area contributed by atoms with Crippen molar-refractivity contribution >= 4 is 5.84 Å². The highest BCUT2D eigenvalue weighted by molar-refractivity contribution is 5.98. The van der Waals surface area contributed by atoms with E-state index < -0.39 is 0 Å². The number of ether oxygens (including phenoxy) is 1. The van der Waals surface area contributed by atoms with Crippen molar-refractivity contribution in [3.8, 4) is 5.75 Å². The van der Waals surface area contributed by atoms with Gasteiger partial charge in [-0.15, -0.1) is 0 Å². The van der Waals surface area contributed by atoms with E-state index in [4.69, 9.17) is 10.6 Å². The lowest BCUT2D eigenvalue weighted by Gasteiger charge is -2.08. The SMILES string of the molecule is CCCCOc1ccc(C(=NCCC)NN)cc1. The third kappa shape index (κ3) is 4.75. The van der Waals surface area contributed by atoms with E-state index >= 15 is 0 Å². The molecular formula is C14H23N3O. The number of hydrazine groups is 1. The molecule has 0 amide bonds. The van der Waals surface area contributed by atoms with Crippen molar-refractivity contribution in [1.82, 2.24) is 5.43 Å². The fraction of sp³-hybridized carbons (Fsp3) is 0.500. The predicted molar refractivity (Wildman–Crippen MR) is 75.9 cm³/mol. The van der Waals surface area contributed by atoms with Gasteiger partial charge in [-0.1, -0.05) is 20.3 Å². The largest absolute Gasteiger partial charge is 0.494 e. The van der Waals surface area contributed by atoms with Crippen LogP contribution in [0.1, 0.15) is 38.7 Å². The van der Waals surface area contributed by atoms with Crippen molar-refractivity contribution in [2.75, 3.05) is 13.2 Å². The Hall–Kier alpha value is -1.55. The number of hydrogen-bond acceptors (Lipinski definition) is 3. The number of nitrogens with one attached hydrogen (secondary N) is 1. The quantitative estimate of drug-likeness (QED) is 0.256. The first-order valence-electron chi connectivity index (χ1n) is 6.56. The van der Waals surface area contributed by atoms with Crippen LogP contribution in [-0.2, 0) is 0 Å². The Labute approximate surface area is 109 Å². The van der Waals surface area contributed by atoms with Crippen LogP contribution >= 0.6 is 0 Å². The van der Waals surface area contributed by atoms with Gasteiger partial charge in [-0.05, 0) is 37.1 Å². The van der Waals surface area contributed by atoms with Crippen LogP contribution in [0.15, 0.2) is 29.3 Å². The molecule has 100 valence electrons. The smallest absolute Gasteiger partial charge is 0.142 e. The normalized spacial score (nSPS) is 11.4. The monoisotopic (exact) mass is 249 g/mol. The Kier molecular flexibility index (Phi) is 6.87. The maximum absolute atomic E-state index is 5.60. The van der Waals surface area contributed by atoms with Gasteiger partial charge in [0.05, 0.1) is 6.61 Å². The molecule has 18 heavy (non-hydrogen) atoms. The van der Waals surface area contributed by atoms with Crippen molar-refractivity contribution in [3.63, 3.8) is 0 Å². The Morgan fingerprint density at radius 1 is 1.22 bits per heavy atom. The van der Waals surface area contributed by atoms with Crippen LogP contribution in [0, 0.1) is 0 Å². The number of nitrogens with zero attached hydrogens (tertiary/aromatic N) is 1. The molecule has 0 radical (unpaired) electrons. The lowest BCUT2D eigenvalue weighted by Crippen LogP contribution is -2.31. The van der Waals surface area contributed by atoms with Crippen LogP contribution in [0.3, 0.4) is 0 Å². The maximum atomic E-state index is 5.60. The fourth-order valence-electron chi connectivity index (χ4n) is 1.49. The summed E-state index contributed by atoms with van der Waals surface area (Å²) in [6, 6.07) is 7.83. The van der Waals surface area contributed by atoms with Gasteiger partial charge < -0.3 is 10.2 Å². The molecular weight excluding hydrogens is 226 g/mol. The first kappa shape index (κ1) is 14.5. The molecule has 0 aliphatic rings. The van der Waals surface area contributed by atoms with Gasteiger partial charge in [0.25, 0.3) is 0 Å². The average Bonchev–Trinajstić information content (AvgIpc) is 2.41. The molecule has 0 aliphatic heterocycles. The van der Waals surface area contributed by atoms with E-state index in [2.05, 4.69) is 24.3 Å². The fourth-order valence-corrected chi connectivity index (χ4v) is 1.49. The highest BCUT2D eigenvalue weighted by Gasteiger charge is 2.01. The summed E-state index contributed by atoms with van der Waals surface area (Å²) in [6.45, 7) is 5.77. The summed E-state index contributed by atoms with van der Waals surface area (Å²) in [4.78, 5) is 4.38. The second kappa shape index (κ2) is 8.53. The number of amidine groups is 1. The van der Waals surface area contributed by atoms with Gasteiger partial charge in [-0.25, -0.2) is 5.84 Å². The number of unbranched alkanes of at least 4 members (excludes halogenated alkanes) is 1. The number of rotatable bonds is 7. The van der Waals surface area contributed by atoms with Gasteiger partial charge >= 0.3 is 0 Å². The number of benzene rings is 1. The van der Waals surface area contributed by atoms with E-state index in [1.54, 1.807) is 0 Å². The van der Waals surface area contributed by atoms with Crippen LogP contribution in [0.2, 0.25) is 0 Å². The zero-order valence-corrected chi connectivity index (χ0v) is 11.3. The van der Waals surface area contributed by atoms with E-state index in [-0.39, 0.29) is 0 Å². The van der Waals surface area contributed by atoms with Crippen LogP contribution in [0.5, 0.6) is 5.75 Å². The minimum absolute atomic E-state index is 0.719. The highest BCUT2D eigenvalue weighted by atomic mass is 16.5. The highest BCUT2D eigenvalue weighted by Crippen LogP contribution is 2.13. The molecule has 0 saturated heterocycles. The third-order valence-electron chi connectivity index (χ3n) is 2.52. The van der Waals surface area contributed by atoms with Gasteiger partial charge in [0.2, 0.25) is 0 Å². The summed E-state index contributed by atoms with van der Waals surface area (Å²) >= 11 is 0. The molecule has 0 saturated carbocycles. The van der Waals surface area contributed by atoms with E-state index in [1.807, 2.05) is 24.3 Å². The zero-order chi connectivity index (χ0) is 13.2. The summed E-state index contributed by atoms with van der Waals surface area (Å²) in [5.41, 5.74) is 3.61. The molecule has 1 aromatic carbocycles. The Balaban J connectivity index is 2.63. The van der Waals surface area contributed by atoms with Crippen molar-refractivity contribution in [2.24, 2.45) is 10.8 Å². The molecule has 0 aromatic heterocycles. The molecule has 0 heterocycles. The van der Waals surface area contributed by atoms with Gasteiger partial charge in [0, 0.05) is 12.1 Å². The van der Waals surface area contributed by atoms with Crippen LogP contribution in [-0.4, -0.2) is 19.0 Å². The number of hydrogen-bond donors (Lipinski definition) is 2. The standard InChI is InChI=1S/C14H23N3O/c1-3-5-11-18-13-8-6-12(7-9-13)14(17-15)16-10-4-2/h6-9H,3-5,10-11,15H2,1-2H3,(H,16,17). The van der Waals surface area contributed by atoms with E-state index in [0.717, 1.165) is 49.6 Å². The van der Waals surface area contributed by atoms with Crippen LogP contribution in [0.25, 0.3) is 0 Å². The molecule has 0 fully saturated rings. The summed E-state index contributed by atoms with van der Waals surface area (Å²) in [5, 5.41) is 0. The topological polar surface area (TPSA) is 59.6 Å². The first-order valence-corrected chi connectivity index (χ1v) is 6.56. The minimum Gasteiger partial charge on any atom is -0.494 e. The van der Waals surface area contributed by atoms with E-state index in [0.29, 0.717) is 0 Å². The summed E-state index contributed by atoms with van der Waals surface area (Å²) < 4.78 is 5.60.